The van der Waals surface area contributed by atoms with Gasteiger partial charge in [-0.3, -0.25) is 9.10 Å². The van der Waals surface area contributed by atoms with Crippen molar-refractivity contribution in [3.8, 4) is 5.75 Å². The number of rotatable bonds is 4. The van der Waals surface area contributed by atoms with Gasteiger partial charge in [0.05, 0.1) is 18.5 Å². The lowest BCUT2D eigenvalue weighted by Crippen LogP contribution is -2.50. The summed E-state index contributed by atoms with van der Waals surface area (Å²) in [7, 11) is -3.60. The van der Waals surface area contributed by atoms with E-state index < -0.39 is 16.1 Å². The molecule has 29 heavy (non-hydrogen) atoms. The van der Waals surface area contributed by atoms with Gasteiger partial charge in [-0.15, -0.1) is 0 Å². The first-order valence-corrected chi connectivity index (χ1v) is 11.2. The van der Waals surface area contributed by atoms with Gasteiger partial charge in [0.2, 0.25) is 10.0 Å². The molecule has 150 valence electrons. The zero-order chi connectivity index (χ0) is 20.6. The molecule has 1 atom stereocenters. The second-order valence-corrected chi connectivity index (χ2v) is 9.21. The first kappa shape index (κ1) is 19.5. The molecule has 3 aromatic carbocycles. The third-order valence-electron chi connectivity index (χ3n) is 4.82. The quantitative estimate of drug-likeness (QED) is 0.688. The minimum atomic E-state index is -3.60. The van der Waals surface area contributed by atoms with Crippen molar-refractivity contribution in [2.75, 3.05) is 17.1 Å². The topological polar surface area (TPSA) is 75.7 Å². The number of nitrogens with zero attached hydrogens (tertiary/aromatic N) is 1. The van der Waals surface area contributed by atoms with Crippen LogP contribution in [0.5, 0.6) is 5.75 Å². The summed E-state index contributed by atoms with van der Waals surface area (Å²) in [6.07, 6.45) is 0.127. The van der Waals surface area contributed by atoms with E-state index >= 15 is 0 Å². The second kappa shape index (κ2) is 7.57. The summed E-state index contributed by atoms with van der Waals surface area (Å²) in [5.74, 6) is -0.0800. The number of hydrogen-bond acceptors (Lipinski definition) is 4. The van der Waals surface area contributed by atoms with E-state index in [0.717, 1.165) is 26.9 Å². The molecule has 0 aliphatic carbocycles. The van der Waals surface area contributed by atoms with Gasteiger partial charge in [0.25, 0.3) is 5.91 Å². The summed E-state index contributed by atoms with van der Waals surface area (Å²) in [6.45, 7) is 0.194. The Labute approximate surface area is 174 Å². The molecular weight excluding hydrogens is 412 g/mol. The number of carbonyl (C=O) groups excluding carboxylic acids is 1. The van der Waals surface area contributed by atoms with Crippen molar-refractivity contribution in [2.24, 2.45) is 0 Å². The molecule has 1 unspecified atom stereocenters. The Morgan fingerprint density at radius 1 is 1.17 bits per heavy atom. The van der Waals surface area contributed by atoms with Crippen LogP contribution in [0.2, 0.25) is 5.02 Å². The minimum Gasteiger partial charge on any atom is -0.476 e. The van der Waals surface area contributed by atoms with Gasteiger partial charge in [-0.25, -0.2) is 8.42 Å². The molecule has 1 aliphatic heterocycles. The SMILES string of the molecule is CS(=O)(=O)N1CC(C(=O)NCc2cccc3ccccc23)Oc2ccc(Cl)cc21. The second-order valence-electron chi connectivity index (χ2n) is 6.87. The van der Waals surface area contributed by atoms with Crippen LogP contribution in [0.1, 0.15) is 5.56 Å². The first-order chi connectivity index (χ1) is 13.8. The molecule has 1 heterocycles. The molecule has 8 heteroatoms. The van der Waals surface area contributed by atoms with Crippen LogP contribution >= 0.6 is 11.6 Å². The molecule has 0 aromatic heterocycles. The predicted molar refractivity (Wildman–Crippen MR) is 114 cm³/mol. The molecule has 6 nitrogen and oxygen atoms in total. The van der Waals surface area contributed by atoms with Gasteiger partial charge in [0.1, 0.15) is 5.75 Å². The Kier molecular flexibility index (Phi) is 5.10. The standard InChI is InChI=1S/C21H19ClN2O4S/c1-29(26,27)24-13-20(28-19-10-9-16(22)11-18(19)24)21(25)23-12-15-7-4-6-14-5-2-3-8-17(14)15/h2-11,20H,12-13H2,1H3,(H,23,25). The lowest BCUT2D eigenvalue weighted by Gasteiger charge is -2.34. The van der Waals surface area contributed by atoms with Crippen LogP contribution in [0.15, 0.2) is 60.7 Å². The lowest BCUT2D eigenvalue weighted by atomic mass is 10.0. The highest BCUT2D eigenvalue weighted by atomic mass is 35.5. The average Bonchev–Trinajstić information content (AvgIpc) is 2.70. The van der Waals surface area contributed by atoms with Gasteiger partial charge >= 0.3 is 0 Å². The normalized spacial score (nSPS) is 16.2. The number of hydrogen-bond donors (Lipinski definition) is 1. The number of benzene rings is 3. The smallest absolute Gasteiger partial charge is 0.263 e. The molecule has 3 aromatic rings. The van der Waals surface area contributed by atoms with Crippen molar-refractivity contribution in [3.63, 3.8) is 0 Å². The fraction of sp³-hybridized carbons (Fsp3) is 0.190. The van der Waals surface area contributed by atoms with Gasteiger partial charge < -0.3 is 10.1 Å². The summed E-state index contributed by atoms with van der Waals surface area (Å²) in [4.78, 5) is 12.8. The number of sulfonamides is 1. The maximum absolute atomic E-state index is 12.8. The molecule has 1 N–H and O–H groups in total. The van der Waals surface area contributed by atoms with E-state index in [1.807, 2.05) is 42.5 Å². The van der Waals surface area contributed by atoms with Crippen molar-refractivity contribution in [2.45, 2.75) is 12.6 Å². The molecular formula is C21H19ClN2O4S. The van der Waals surface area contributed by atoms with E-state index in [0.29, 0.717) is 23.0 Å². The summed E-state index contributed by atoms with van der Waals surface area (Å²) < 4.78 is 31.4. The molecule has 0 spiro atoms. The largest absolute Gasteiger partial charge is 0.476 e. The molecule has 0 saturated heterocycles. The fourth-order valence-electron chi connectivity index (χ4n) is 3.42. The van der Waals surface area contributed by atoms with E-state index in [1.165, 1.54) is 6.07 Å². The van der Waals surface area contributed by atoms with E-state index in [2.05, 4.69) is 5.32 Å². The first-order valence-electron chi connectivity index (χ1n) is 9.01. The zero-order valence-electron chi connectivity index (χ0n) is 15.6. The number of ether oxygens (including phenoxy) is 1. The Bertz CT molecular complexity index is 1190. The molecule has 1 aliphatic rings. The summed E-state index contributed by atoms with van der Waals surface area (Å²) >= 11 is 6.00. The number of anilines is 1. The van der Waals surface area contributed by atoms with Crippen LogP contribution in [-0.4, -0.2) is 33.2 Å². The van der Waals surface area contributed by atoms with Crippen LogP contribution in [0.3, 0.4) is 0 Å². The molecule has 0 saturated carbocycles. The Balaban J connectivity index is 1.55. The van der Waals surface area contributed by atoms with E-state index in [1.54, 1.807) is 12.1 Å². The monoisotopic (exact) mass is 430 g/mol. The van der Waals surface area contributed by atoms with Gasteiger partial charge in [-0.1, -0.05) is 54.1 Å². The number of fused-ring (bicyclic) bond motifs is 2. The van der Waals surface area contributed by atoms with Gasteiger partial charge in [-0.05, 0) is 34.5 Å². The third-order valence-corrected chi connectivity index (χ3v) is 6.20. The molecule has 4 rings (SSSR count). The highest BCUT2D eigenvalue weighted by Gasteiger charge is 2.35. The molecule has 1 amide bonds. The molecule has 0 radical (unpaired) electrons. The van der Waals surface area contributed by atoms with Crippen LogP contribution < -0.4 is 14.4 Å². The van der Waals surface area contributed by atoms with Crippen molar-refractivity contribution in [1.82, 2.24) is 5.32 Å². The predicted octanol–water partition coefficient (Wildman–Crippen LogP) is 3.34. The van der Waals surface area contributed by atoms with Crippen molar-refractivity contribution in [3.05, 3.63) is 71.2 Å². The van der Waals surface area contributed by atoms with E-state index in [4.69, 9.17) is 16.3 Å². The number of amides is 1. The Morgan fingerprint density at radius 2 is 1.93 bits per heavy atom. The summed E-state index contributed by atoms with van der Waals surface area (Å²) in [6, 6.07) is 18.5. The van der Waals surface area contributed by atoms with Crippen LogP contribution in [0.4, 0.5) is 5.69 Å². The van der Waals surface area contributed by atoms with Crippen molar-refractivity contribution >= 4 is 44.0 Å². The average molecular weight is 431 g/mol. The molecule has 0 bridgehead atoms. The van der Waals surface area contributed by atoms with Gasteiger partial charge in [0, 0.05) is 11.6 Å². The number of carbonyl (C=O) groups is 1. The lowest BCUT2D eigenvalue weighted by molar-refractivity contribution is -0.127. The summed E-state index contributed by atoms with van der Waals surface area (Å²) in [5.41, 5.74) is 1.30. The van der Waals surface area contributed by atoms with E-state index in [-0.39, 0.29) is 12.5 Å². The van der Waals surface area contributed by atoms with Crippen LogP contribution in [0, 0.1) is 0 Å². The summed E-state index contributed by atoms with van der Waals surface area (Å²) in [5, 5.41) is 5.39. The van der Waals surface area contributed by atoms with Crippen LogP contribution in [0.25, 0.3) is 10.8 Å². The zero-order valence-corrected chi connectivity index (χ0v) is 17.2. The van der Waals surface area contributed by atoms with Gasteiger partial charge in [0.15, 0.2) is 6.10 Å². The van der Waals surface area contributed by atoms with Crippen molar-refractivity contribution in [1.29, 1.82) is 0 Å². The Hall–Kier alpha value is -2.77. The van der Waals surface area contributed by atoms with Crippen molar-refractivity contribution < 1.29 is 17.9 Å². The highest BCUT2D eigenvalue weighted by molar-refractivity contribution is 7.92. The number of nitrogens with one attached hydrogen (secondary N) is 1. The molecule has 0 fully saturated rings. The fourth-order valence-corrected chi connectivity index (χ4v) is 4.49. The van der Waals surface area contributed by atoms with Crippen LogP contribution in [-0.2, 0) is 21.4 Å². The van der Waals surface area contributed by atoms with E-state index in [9.17, 15) is 13.2 Å². The maximum Gasteiger partial charge on any atom is 0.263 e. The Morgan fingerprint density at radius 3 is 2.72 bits per heavy atom. The minimum absolute atomic E-state index is 0.118. The van der Waals surface area contributed by atoms with Gasteiger partial charge in [-0.2, -0.15) is 0 Å². The number of halogens is 1. The highest BCUT2D eigenvalue weighted by Crippen LogP contribution is 2.37. The third kappa shape index (κ3) is 4.02. The maximum atomic E-state index is 12.8.